The number of likely N-dealkylation sites (tertiary alicyclic amines) is 1. The average Bonchev–Trinajstić information content (AvgIpc) is 3.10. The molecule has 1 aromatic carbocycles. The number of rotatable bonds is 7. The van der Waals surface area contributed by atoms with Gasteiger partial charge in [0.25, 0.3) is 0 Å². The van der Waals surface area contributed by atoms with Gasteiger partial charge in [-0.2, -0.15) is 0 Å². The molecule has 2 aliphatic rings. The SMILES string of the molecule is C=N/C=C\C=C(/C)C(=O)OC1=CC2N(C)CCC2(c2ccc(OC)c(OC)c2)CC1. The van der Waals surface area contributed by atoms with E-state index in [1.165, 1.54) is 11.8 Å². The zero-order valence-corrected chi connectivity index (χ0v) is 18.2. The molecule has 1 aliphatic heterocycles. The molecule has 160 valence electrons. The monoisotopic (exact) mass is 410 g/mol. The highest BCUT2D eigenvalue weighted by Crippen LogP contribution is 2.49. The van der Waals surface area contributed by atoms with E-state index in [1.807, 2.05) is 6.07 Å². The third kappa shape index (κ3) is 4.19. The Morgan fingerprint density at radius 2 is 2.03 bits per heavy atom. The van der Waals surface area contributed by atoms with Crippen LogP contribution in [0.4, 0.5) is 0 Å². The number of hydrogen-bond acceptors (Lipinski definition) is 6. The van der Waals surface area contributed by atoms with Crippen molar-refractivity contribution in [1.29, 1.82) is 0 Å². The Morgan fingerprint density at radius 1 is 1.27 bits per heavy atom. The Labute approximate surface area is 178 Å². The van der Waals surface area contributed by atoms with Crippen molar-refractivity contribution in [2.75, 3.05) is 27.8 Å². The lowest BCUT2D eigenvalue weighted by molar-refractivity contribution is -0.135. The highest BCUT2D eigenvalue weighted by molar-refractivity contribution is 5.88. The van der Waals surface area contributed by atoms with Crippen LogP contribution in [0.25, 0.3) is 0 Å². The molecular formula is C24H30N2O4. The van der Waals surface area contributed by atoms with Gasteiger partial charge >= 0.3 is 5.97 Å². The second-order valence-electron chi connectivity index (χ2n) is 7.80. The number of allylic oxidation sites excluding steroid dienone is 3. The first-order valence-electron chi connectivity index (χ1n) is 10.1. The molecule has 2 atom stereocenters. The lowest BCUT2D eigenvalue weighted by Crippen LogP contribution is -2.42. The molecule has 0 aromatic heterocycles. The summed E-state index contributed by atoms with van der Waals surface area (Å²) in [4.78, 5) is 18.4. The summed E-state index contributed by atoms with van der Waals surface area (Å²) in [5, 5.41) is 0. The predicted octanol–water partition coefficient (Wildman–Crippen LogP) is 4.03. The topological polar surface area (TPSA) is 60.4 Å². The molecule has 1 saturated heterocycles. The summed E-state index contributed by atoms with van der Waals surface area (Å²) in [7, 11) is 5.42. The molecule has 1 aliphatic carbocycles. The van der Waals surface area contributed by atoms with E-state index >= 15 is 0 Å². The first-order valence-corrected chi connectivity index (χ1v) is 10.1. The number of hydrogen-bond donors (Lipinski definition) is 0. The minimum absolute atomic E-state index is 0.0343. The van der Waals surface area contributed by atoms with E-state index in [9.17, 15) is 4.79 Å². The van der Waals surface area contributed by atoms with Gasteiger partial charge in [-0.3, -0.25) is 9.89 Å². The van der Waals surface area contributed by atoms with Crippen molar-refractivity contribution < 1.29 is 19.0 Å². The van der Waals surface area contributed by atoms with Gasteiger partial charge in [0.1, 0.15) is 5.76 Å². The van der Waals surface area contributed by atoms with Crippen molar-refractivity contribution in [2.45, 2.75) is 37.6 Å². The van der Waals surface area contributed by atoms with Crippen molar-refractivity contribution in [3.63, 3.8) is 0 Å². The number of fused-ring (bicyclic) bond motifs is 1. The Hall–Kier alpha value is -2.86. The number of carbonyl (C=O) groups is 1. The molecule has 0 spiro atoms. The predicted molar refractivity (Wildman–Crippen MR) is 118 cm³/mol. The number of nitrogens with zero attached hydrogens (tertiary/aromatic N) is 2. The van der Waals surface area contributed by atoms with E-state index in [0.29, 0.717) is 12.0 Å². The summed E-state index contributed by atoms with van der Waals surface area (Å²) in [5.41, 5.74) is 1.72. The fraction of sp³-hybridized carbons (Fsp3) is 0.417. The minimum atomic E-state index is -0.339. The van der Waals surface area contributed by atoms with Crippen molar-refractivity contribution in [1.82, 2.24) is 4.90 Å². The van der Waals surface area contributed by atoms with Crippen molar-refractivity contribution in [2.24, 2.45) is 4.99 Å². The molecule has 1 aromatic rings. The molecule has 0 amide bonds. The fourth-order valence-electron chi connectivity index (χ4n) is 4.46. The molecule has 2 unspecified atom stereocenters. The Bertz CT molecular complexity index is 902. The normalized spacial score (nSPS) is 24.3. The Balaban J connectivity index is 1.86. The van der Waals surface area contributed by atoms with Gasteiger partial charge < -0.3 is 14.2 Å². The number of methoxy groups -OCH3 is 2. The van der Waals surface area contributed by atoms with Crippen molar-refractivity contribution in [3.05, 3.63) is 59.5 Å². The summed E-state index contributed by atoms with van der Waals surface area (Å²) < 4.78 is 16.6. The standard InChI is InChI=1S/C24H30N2O4/c1-17(7-6-13-25-2)23(27)30-19-10-11-24(12-14-26(3)22(24)16-19)18-8-9-20(28-4)21(15-18)29-5/h6-9,13,15-16,22H,2,10-12,14H2,1,3-5H3/b13-6-,17-7+. The van der Waals surface area contributed by atoms with Crippen molar-refractivity contribution >= 4 is 12.7 Å². The van der Waals surface area contributed by atoms with Crippen LogP contribution < -0.4 is 9.47 Å². The molecule has 0 saturated carbocycles. The van der Waals surface area contributed by atoms with Gasteiger partial charge in [-0.1, -0.05) is 12.1 Å². The van der Waals surface area contributed by atoms with E-state index in [1.54, 1.807) is 33.3 Å². The smallest absolute Gasteiger partial charge is 0.338 e. The summed E-state index contributed by atoms with van der Waals surface area (Å²) in [6, 6.07) is 6.34. The zero-order chi connectivity index (χ0) is 21.7. The van der Waals surface area contributed by atoms with Crippen molar-refractivity contribution in [3.8, 4) is 11.5 Å². The molecule has 1 heterocycles. The second kappa shape index (κ2) is 9.30. The van der Waals surface area contributed by atoms with E-state index in [-0.39, 0.29) is 17.4 Å². The summed E-state index contributed by atoms with van der Waals surface area (Å²) in [5.74, 6) is 1.86. The van der Waals surface area contributed by atoms with Gasteiger partial charge in [0.15, 0.2) is 11.5 Å². The maximum atomic E-state index is 12.4. The first-order chi connectivity index (χ1) is 14.4. The van der Waals surface area contributed by atoms with Crippen LogP contribution >= 0.6 is 0 Å². The van der Waals surface area contributed by atoms with Gasteiger partial charge in [0.2, 0.25) is 0 Å². The number of carbonyl (C=O) groups excluding carboxylic acids is 1. The largest absolute Gasteiger partial charge is 0.493 e. The number of ether oxygens (including phenoxy) is 3. The number of benzene rings is 1. The molecule has 0 radical (unpaired) electrons. The third-order valence-corrected chi connectivity index (χ3v) is 6.15. The number of likely N-dealkylation sites (N-methyl/N-ethyl adjacent to an activating group) is 1. The van der Waals surface area contributed by atoms with Crippen LogP contribution in [0.5, 0.6) is 11.5 Å². The van der Waals surface area contributed by atoms with Gasteiger partial charge in [0, 0.05) is 29.7 Å². The second-order valence-corrected chi connectivity index (χ2v) is 7.80. The van der Waals surface area contributed by atoms with Crippen LogP contribution in [0.2, 0.25) is 0 Å². The van der Waals surface area contributed by atoms with Crippen LogP contribution in [0.3, 0.4) is 0 Å². The molecule has 0 N–H and O–H groups in total. The molecular weight excluding hydrogens is 380 g/mol. The average molecular weight is 411 g/mol. The van der Waals surface area contributed by atoms with Gasteiger partial charge in [-0.25, -0.2) is 4.79 Å². The van der Waals surface area contributed by atoms with Crippen LogP contribution in [0.15, 0.2) is 59.0 Å². The van der Waals surface area contributed by atoms with Crippen LogP contribution in [0.1, 0.15) is 31.7 Å². The fourth-order valence-corrected chi connectivity index (χ4v) is 4.46. The molecule has 6 nitrogen and oxygen atoms in total. The van der Waals surface area contributed by atoms with E-state index in [0.717, 1.165) is 36.6 Å². The molecule has 30 heavy (non-hydrogen) atoms. The summed E-state index contributed by atoms with van der Waals surface area (Å²) in [6.07, 6.45) is 9.64. The molecule has 0 bridgehead atoms. The summed E-state index contributed by atoms with van der Waals surface area (Å²) >= 11 is 0. The summed E-state index contributed by atoms with van der Waals surface area (Å²) in [6.45, 7) is 6.09. The maximum absolute atomic E-state index is 12.4. The Kier molecular flexibility index (Phi) is 6.77. The maximum Gasteiger partial charge on any atom is 0.338 e. The van der Waals surface area contributed by atoms with Gasteiger partial charge in [0.05, 0.1) is 14.2 Å². The zero-order valence-electron chi connectivity index (χ0n) is 18.2. The molecule has 6 heteroatoms. The van der Waals surface area contributed by atoms with E-state index in [2.05, 4.69) is 41.9 Å². The van der Waals surface area contributed by atoms with Crippen LogP contribution in [0, 0.1) is 0 Å². The van der Waals surface area contributed by atoms with Crippen LogP contribution in [-0.4, -0.2) is 51.4 Å². The number of aliphatic imine (C=N–C) groups is 1. The minimum Gasteiger partial charge on any atom is -0.493 e. The van der Waals surface area contributed by atoms with E-state index in [4.69, 9.17) is 14.2 Å². The highest BCUT2D eigenvalue weighted by Gasteiger charge is 2.48. The van der Waals surface area contributed by atoms with Crippen LogP contribution in [-0.2, 0) is 14.9 Å². The lowest BCUT2D eigenvalue weighted by Gasteiger charge is -2.40. The third-order valence-electron chi connectivity index (χ3n) is 6.15. The lowest BCUT2D eigenvalue weighted by atomic mass is 9.68. The Morgan fingerprint density at radius 3 is 2.73 bits per heavy atom. The molecule has 3 rings (SSSR count). The molecule has 1 fully saturated rings. The first kappa shape index (κ1) is 21.8. The van der Waals surface area contributed by atoms with E-state index < -0.39 is 0 Å². The highest BCUT2D eigenvalue weighted by atomic mass is 16.5. The number of esters is 1. The quantitative estimate of drug-likeness (QED) is 0.294. The van der Waals surface area contributed by atoms with Gasteiger partial charge in [-0.15, -0.1) is 0 Å². The van der Waals surface area contributed by atoms with Gasteiger partial charge in [-0.05, 0) is 69.9 Å².